The van der Waals surface area contributed by atoms with E-state index in [1.165, 1.54) is 6.07 Å². The van der Waals surface area contributed by atoms with Crippen molar-refractivity contribution in [1.29, 1.82) is 0 Å². The van der Waals surface area contributed by atoms with Gasteiger partial charge in [0.1, 0.15) is 5.82 Å². The Morgan fingerprint density at radius 3 is 2.87 bits per heavy atom. The van der Waals surface area contributed by atoms with E-state index in [9.17, 15) is 9.59 Å². The number of nitrogens with two attached hydrogens (primary N) is 1. The second kappa shape index (κ2) is 3.90. The minimum Gasteiger partial charge on any atom is -0.356 e. The number of aromatic nitrogens is 2. The molecular weight excluding hydrogens is 196 g/mol. The number of H-pyrrole nitrogens is 2. The average Bonchev–Trinajstić information content (AvgIpc) is 2.16. The van der Waals surface area contributed by atoms with E-state index < -0.39 is 5.69 Å². The van der Waals surface area contributed by atoms with E-state index >= 15 is 0 Å². The molecular formula is C9H14N4O2. The summed E-state index contributed by atoms with van der Waals surface area (Å²) in [5.74, 6) is 0.555. The van der Waals surface area contributed by atoms with Crippen LogP contribution in [0, 0.1) is 0 Å². The number of aromatic amines is 2. The molecule has 1 fully saturated rings. The molecule has 82 valence electrons. The average molecular weight is 210 g/mol. The van der Waals surface area contributed by atoms with Gasteiger partial charge in [0.15, 0.2) is 0 Å². The van der Waals surface area contributed by atoms with Crippen LogP contribution in [0.1, 0.15) is 12.8 Å². The van der Waals surface area contributed by atoms with Crippen molar-refractivity contribution in [2.75, 3.05) is 18.0 Å². The highest BCUT2D eigenvalue weighted by molar-refractivity contribution is 5.37. The zero-order valence-corrected chi connectivity index (χ0v) is 8.32. The summed E-state index contributed by atoms with van der Waals surface area (Å²) in [6, 6.07) is 1.50. The van der Waals surface area contributed by atoms with E-state index in [1.54, 1.807) is 0 Å². The summed E-state index contributed by atoms with van der Waals surface area (Å²) >= 11 is 0. The maximum absolute atomic E-state index is 11.1. The summed E-state index contributed by atoms with van der Waals surface area (Å²) in [7, 11) is 0. The quantitative estimate of drug-likeness (QED) is 0.553. The Bertz CT molecular complexity index is 422. The molecule has 0 bridgehead atoms. The molecule has 1 atom stereocenters. The maximum atomic E-state index is 11.1. The molecule has 1 aromatic rings. The molecule has 1 saturated heterocycles. The summed E-state index contributed by atoms with van der Waals surface area (Å²) in [6.07, 6.45) is 1.97. The van der Waals surface area contributed by atoms with Gasteiger partial charge in [-0.05, 0) is 12.8 Å². The monoisotopic (exact) mass is 210 g/mol. The van der Waals surface area contributed by atoms with E-state index in [1.807, 2.05) is 4.90 Å². The normalized spacial score (nSPS) is 21.7. The van der Waals surface area contributed by atoms with Crippen LogP contribution in [-0.2, 0) is 0 Å². The van der Waals surface area contributed by atoms with Gasteiger partial charge >= 0.3 is 5.69 Å². The highest BCUT2D eigenvalue weighted by Gasteiger charge is 2.17. The third-order valence-electron chi connectivity index (χ3n) is 2.54. The summed E-state index contributed by atoms with van der Waals surface area (Å²) in [5, 5.41) is 0. The van der Waals surface area contributed by atoms with Crippen LogP contribution in [0.5, 0.6) is 0 Å². The standard InChI is InChI=1S/C9H14N4O2/c10-6-2-1-3-13(5-6)7-4-8(14)12-9(15)11-7/h4,6H,1-3,5,10H2,(H2,11,12,14,15). The highest BCUT2D eigenvalue weighted by atomic mass is 16.2. The van der Waals surface area contributed by atoms with E-state index in [0.29, 0.717) is 12.4 Å². The van der Waals surface area contributed by atoms with Crippen molar-refractivity contribution in [3.05, 3.63) is 26.9 Å². The topological polar surface area (TPSA) is 95.0 Å². The van der Waals surface area contributed by atoms with Crippen LogP contribution in [-0.4, -0.2) is 29.1 Å². The number of piperidine rings is 1. The van der Waals surface area contributed by atoms with Gasteiger partial charge in [0, 0.05) is 25.2 Å². The lowest BCUT2D eigenvalue weighted by atomic mass is 10.1. The van der Waals surface area contributed by atoms with Crippen LogP contribution >= 0.6 is 0 Å². The smallest absolute Gasteiger partial charge is 0.327 e. The van der Waals surface area contributed by atoms with Crippen LogP contribution < -0.4 is 21.9 Å². The van der Waals surface area contributed by atoms with E-state index in [2.05, 4.69) is 9.97 Å². The molecule has 0 aliphatic carbocycles. The summed E-state index contributed by atoms with van der Waals surface area (Å²) < 4.78 is 0. The molecule has 2 rings (SSSR count). The lowest BCUT2D eigenvalue weighted by Gasteiger charge is -2.31. The Balaban J connectivity index is 2.28. The molecule has 0 saturated carbocycles. The lowest BCUT2D eigenvalue weighted by molar-refractivity contribution is 0.502. The van der Waals surface area contributed by atoms with Crippen molar-refractivity contribution in [3.8, 4) is 0 Å². The fraction of sp³-hybridized carbons (Fsp3) is 0.556. The Labute approximate surface area is 86.1 Å². The Kier molecular flexibility index (Phi) is 2.59. The number of nitrogens with one attached hydrogen (secondary N) is 2. The van der Waals surface area contributed by atoms with Crippen LogP contribution in [0.25, 0.3) is 0 Å². The van der Waals surface area contributed by atoms with E-state index in [0.717, 1.165) is 19.4 Å². The summed E-state index contributed by atoms with van der Waals surface area (Å²) in [5.41, 5.74) is 4.96. The first-order valence-corrected chi connectivity index (χ1v) is 4.99. The number of rotatable bonds is 1. The lowest BCUT2D eigenvalue weighted by Crippen LogP contribution is -2.44. The van der Waals surface area contributed by atoms with Gasteiger partial charge in [0.05, 0.1) is 0 Å². The zero-order chi connectivity index (χ0) is 10.8. The molecule has 4 N–H and O–H groups in total. The van der Waals surface area contributed by atoms with Crippen molar-refractivity contribution in [1.82, 2.24) is 9.97 Å². The van der Waals surface area contributed by atoms with E-state index in [-0.39, 0.29) is 11.6 Å². The van der Waals surface area contributed by atoms with Gasteiger partial charge in [-0.2, -0.15) is 0 Å². The molecule has 0 radical (unpaired) electrons. The predicted molar refractivity (Wildman–Crippen MR) is 57.1 cm³/mol. The van der Waals surface area contributed by atoms with Gasteiger partial charge in [0.25, 0.3) is 5.56 Å². The molecule has 6 nitrogen and oxygen atoms in total. The van der Waals surface area contributed by atoms with Gasteiger partial charge in [0.2, 0.25) is 0 Å². The Morgan fingerprint density at radius 2 is 2.20 bits per heavy atom. The van der Waals surface area contributed by atoms with Crippen molar-refractivity contribution < 1.29 is 0 Å². The largest absolute Gasteiger partial charge is 0.356 e. The first kappa shape index (κ1) is 9.97. The second-order valence-corrected chi connectivity index (χ2v) is 3.82. The van der Waals surface area contributed by atoms with Crippen LogP contribution in [0.3, 0.4) is 0 Å². The van der Waals surface area contributed by atoms with Crippen LogP contribution in [0.2, 0.25) is 0 Å². The predicted octanol–water partition coefficient (Wildman–Crippen LogP) is -1.01. The minimum absolute atomic E-state index is 0.113. The van der Waals surface area contributed by atoms with Gasteiger partial charge < -0.3 is 10.6 Å². The maximum Gasteiger partial charge on any atom is 0.327 e. The molecule has 1 aromatic heterocycles. The van der Waals surface area contributed by atoms with Gasteiger partial charge in [-0.1, -0.05) is 0 Å². The van der Waals surface area contributed by atoms with Crippen molar-refractivity contribution >= 4 is 5.82 Å². The van der Waals surface area contributed by atoms with Crippen LogP contribution in [0.15, 0.2) is 15.7 Å². The van der Waals surface area contributed by atoms with Crippen molar-refractivity contribution in [3.63, 3.8) is 0 Å². The van der Waals surface area contributed by atoms with Gasteiger partial charge in [-0.15, -0.1) is 0 Å². The molecule has 1 aliphatic rings. The number of anilines is 1. The third-order valence-corrected chi connectivity index (χ3v) is 2.54. The zero-order valence-electron chi connectivity index (χ0n) is 8.32. The number of hydrogen-bond donors (Lipinski definition) is 3. The summed E-state index contributed by atoms with van der Waals surface area (Å²) in [6.45, 7) is 1.51. The Hall–Kier alpha value is -1.56. The first-order valence-electron chi connectivity index (χ1n) is 4.99. The molecule has 15 heavy (non-hydrogen) atoms. The summed E-state index contributed by atoms with van der Waals surface area (Å²) in [4.78, 5) is 28.8. The minimum atomic E-state index is -0.475. The number of hydrogen-bond acceptors (Lipinski definition) is 4. The Morgan fingerprint density at radius 1 is 1.40 bits per heavy atom. The molecule has 1 unspecified atom stereocenters. The molecule has 0 amide bonds. The van der Waals surface area contributed by atoms with E-state index in [4.69, 9.17) is 5.73 Å². The van der Waals surface area contributed by atoms with Gasteiger partial charge in [-0.25, -0.2) is 4.79 Å². The number of nitrogens with zero attached hydrogens (tertiary/aromatic N) is 1. The van der Waals surface area contributed by atoms with Crippen molar-refractivity contribution in [2.45, 2.75) is 18.9 Å². The first-order chi connectivity index (χ1) is 7.15. The molecule has 2 heterocycles. The van der Waals surface area contributed by atoms with Crippen LogP contribution in [0.4, 0.5) is 5.82 Å². The molecule has 0 aromatic carbocycles. The SMILES string of the molecule is NC1CCCN(c2cc(=O)[nH]c(=O)[nH]2)C1. The molecule has 1 aliphatic heterocycles. The second-order valence-electron chi connectivity index (χ2n) is 3.82. The fourth-order valence-corrected chi connectivity index (χ4v) is 1.85. The fourth-order valence-electron chi connectivity index (χ4n) is 1.85. The van der Waals surface area contributed by atoms with Gasteiger partial charge in [-0.3, -0.25) is 14.8 Å². The molecule has 0 spiro atoms. The van der Waals surface area contributed by atoms with Crippen molar-refractivity contribution in [2.24, 2.45) is 5.73 Å². The molecule has 6 heteroatoms. The highest BCUT2D eigenvalue weighted by Crippen LogP contribution is 2.13. The third kappa shape index (κ3) is 2.27.